The molecule has 1 heterocycles. The zero-order valence-corrected chi connectivity index (χ0v) is 13.7. The molecule has 0 aromatic heterocycles. The fourth-order valence-electron chi connectivity index (χ4n) is 3.17. The normalized spacial score (nSPS) is 24.3. The largest absolute Gasteiger partial charge is 0.497 e. The second-order valence-corrected chi connectivity index (χ2v) is 6.43. The van der Waals surface area contributed by atoms with Gasteiger partial charge in [-0.05, 0) is 25.8 Å². The fourth-order valence-corrected chi connectivity index (χ4v) is 3.17. The molecule has 0 radical (unpaired) electrons. The van der Waals surface area contributed by atoms with E-state index >= 15 is 0 Å². The Balaban J connectivity index is 1.99. The SMILES string of the molecule is CCCCCCCC1(C)C[C@H](N)c2ccc(OC)cc2O1. The molecular weight excluding hydrogens is 262 g/mol. The predicted octanol–water partition coefficient (Wildman–Crippen LogP) is 4.60. The summed E-state index contributed by atoms with van der Waals surface area (Å²) in [5.74, 6) is 1.72. The summed E-state index contributed by atoms with van der Waals surface area (Å²) in [4.78, 5) is 0. The average molecular weight is 291 g/mol. The smallest absolute Gasteiger partial charge is 0.128 e. The monoisotopic (exact) mass is 291 g/mol. The molecule has 1 unspecified atom stereocenters. The fraction of sp³-hybridized carbons (Fsp3) is 0.667. The molecule has 2 atom stereocenters. The third kappa shape index (κ3) is 4.13. The number of ether oxygens (including phenoxy) is 2. The van der Waals surface area contributed by atoms with Crippen molar-refractivity contribution in [2.45, 2.75) is 70.4 Å². The lowest BCUT2D eigenvalue weighted by molar-refractivity contribution is 0.0427. The highest BCUT2D eigenvalue weighted by molar-refractivity contribution is 5.44. The van der Waals surface area contributed by atoms with Crippen LogP contribution < -0.4 is 15.2 Å². The van der Waals surface area contributed by atoms with Crippen LogP contribution >= 0.6 is 0 Å². The van der Waals surface area contributed by atoms with Crippen molar-refractivity contribution in [1.29, 1.82) is 0 Å². The maximum atomic E-state index is 6.34. The molecule has 2 rings (SSSR count). The van der Waals surface area contributed by atoms with Gasteiger partial charge in [-0.3, -0.25) is 0 Å². The zero-order valence-electron chi connectivity index (χ0n) is 13.7. The molecule has 0 saturated carbocycles. The second kappa shape index (κ2) is 7.17. The van der Waals surface area contributed by atoms with Crippen LogP contribution in [0.4, 0.5) is 0 Å². The highest BCUT2D eigenvalue weighted by Gasteiger charge is 2.35. The molecule has 0 bridgehead atoms. The Kier molecular flexibility index (Phi) is 5.51. The number of unbranched alkanes of at least 4 members (excludes halogenated alkanes) is 4. The van der Waals surface area contributed by atoms with Gasteiger partial charge >= 0.3 is 0 Å². The van der Waals surface area contributed by atoms with Crippen LogP contribution in [0.15, 0.2) is 18.2 Å². The highest BCUT2D eigenvalue weighted by atomic mass is 16.5. The molecule has 0 amide bonds. The maximum absolute atomic E-state index is 6.34. The Morgan fingerprint density at radius 1 is 1.29 bits per heavy atom. The van der Waals surface area contributed by atoms with E-state index in [0.717, 1.165) is 29.9 Å². The minimum Gasteiger partial charge on any atom is -0.497 e. The number of benzene rings is 1. The standard InChI is InChI=1S/C18H29NO2/c1-4-5-6-7-8-11-18(2)13-16(19)15-10-9-14(20-3)12-17(15)21-18/h9-10,12,16H,4-8,11,13,19H2,1-3H3/t16-,18?/m0/s1. The van der Waals surface area contributed by atoms with Gasteiger partial charge in [0.05, 0.1) is 7.11 Å². The minimum absolute atomic E-state index is 0.0558. The van der Waals surface area contributed by atoms with Crippen molar-refractivity contribution in [2.24, 2.45) is 5.73 Å². The van der Waals surface area contributed by atoms with Crippen LogP contribution in [0.3, 0.4) is 0 Å². The molecule has 3 nitrogen and oxygen atoms in total. The van der Waals surface area contributed by atoms with Crippen molar-refractivity contribution in [3.63, 3.8) is 0 Å². The van der Waals surface area contributed by atoms with Crippen LogP contribution in [-0.4, -0.2) is 12.7 Å². The first-order valence-electron chi connectivity index (χ1n) is 8.20. The molecule has 2 N–H and O–H groups in total. The van der Waals surface area contributed by atoms with Gasteiger partial charge in [-0.15, -0.1) is 0 Å². The first-order valence-corrected chi connectivity index (χ1v) is 8.20. The first kappa shape index (κ1) is 16.2. The molecule has 1 aromatic rings. The number of hydrogen-bond acceptors (Lipinski definition) is 3. The van der Waals surface area contributed by atoms with E-state index in [-0.39, 0.29) is 11.6 Å². The summed E-state index contributed by atoms with van der Waals surface area (Å²) in [6.45, 7) is 4.43. The Morgan fingerprint density at radius 3 is 2.76 bits per heavy atom. The molecule has 1 aliphatic rings. The van der Waals surface area contributed by atoms with Crippen molar-refractivity contribution in [2.75, 3.05) is 7.11 Å². The van der Waals surface area contributed by atoms with E-state index < -0.39 is 0 Å². The van der Waals surface area contributed by atoms with Crippen molar-refractivity contribution >= 4 is 0 Å². The molecule has 0 saturated heterocycles. The van der Waals surface area contributed by atoms with Gasteiger partial charge in [0.25, 0.3) is 0 Å². The lowest BCUT2D eigenvalue weighted by Crippen LogP contribution is -2.40. The van der Waals surface area contributed by atoms with Crippen molar-refractivity contribution < 1.29 is 9.47 Å². The molecule has 3 heteroatoms. The predicted molar refractivity (Wildman–Crippen MR) is 86.9 cm³/mol. The van der Waals surface area contributed by atoms with Crippen LogP contribution in [0.2, 0.25) is 0 Å². The van der Waals surface area contributed by atoms with Crippen LogP contribution in [0.25, 0.3) is 0 Å². The van der Waals surface area contributed by atoms with Gasteiger partial charge in [0.1, 0.15) is 17.1 Å². The highest BCUT2D eigenvalue weighted by Crippen LogP contribution is 2.42. The van der Waals surface area contributed by atoms with Gasteiger partial charge < -0.3 is 15.2 Å². The molecular formula is C18H29NO2. The van der Waals surface area contributed by atoms with Gasteiger partial charge in [-0.2, -0.15) is 0 Å². The first-order chi connectivity index (χ1) is 10.1. The van der Waals surface area contributed by atoms with Crippen molar-refractivity contribution in [1.82, 2.24) is 0 Å². The Morgan fingerprint density at radius 2 is 2.05 bits per heavy atom. The van der Waals surface area contributed by atoms with E-state index in [1.165, 1.54) is 32.1 Å². The van der Waals surface area contributed by atoms with E-state index in [1.54, 1.807) is 7.11 Å². The van der Waals surface area contributed by atoms with E-state index in [0.29, 0.717) is 0 Å². The van der Waals surface area contributed by atoms with Crippen molar-refractivity contribution in [3.8, 4) is 11.5 Å². The van der Waals surface area contributed by atoms with Crippen LogP contribution in [0.5, 0.6) is 11.5 Å². The Hall–Kier alpha value is -1.22. The summed E-state index contributed by atoms with van der Waals surface area (Å²) in [5.41, 5.74) is 7.29. The molecule has 1 aliphatic heterocycles. The summed E-state index contributed by atoms with van der Waals surface area (Å²) >= 11 is 0. The number of fused-ring (bicyclic) bond motifs is 1. The van der Waals surface area contributed by atoms with E-state index in [1.807, 2.05) is 18.2 Å². The quantitative estimate of drug-likeness (QED) is 0.747. The molecule has 0 spiro atoms. The van der Waals surface area contributed by atoms with Gasteiger partial charge in [-0.1, -0.05) is 38.7 Å². The van der Waals surface area contributed by atoms with Gasteiger partial charge in [0.15, 0.2) is 0 Å². The maximum Gasteiger partial charge on any atom is 0.128 e. The van der Waals surface area contributed by atoms with Crippen LogP contribution in [0, 0.1) is 0 Å². The van der Waals surface area contributed by atoms with Crippen LogP contribution in [0.1, 0.15) is 70.4 Å². The molecule has 21 heavy (non-hydrogen) atoms. The van der Waals surface area contributed by atoms with E-state index in [2.05, 4.69) is 13.8 Å². The Bertz CT molecular complexity index is 461. The summed E-state index contributed by atoms with van der Waals surface area (Å²) in [7, 11) is 1.68. The zero-order chi connectivity index (χ0) is 15.3. The third-order valence-electron chi connectivity index (χ3n) is 4.44. The van der Waals surface area contributed by atoms with E-state index in [4.69, 9.17) is 15.2 Å². The summed E-state index contributed by atoms with van der Waals surface area (Å²) in [6.07, 6.45) is 8.39. The number of hydrogen-bond donors (Lipinski definition) is 1. The number of methoxy groups -OCH3 is 1. The topological polar surface area (TPSA) is 44.5 Å². The molecule has 1 aromatic carbocycles. The molecule has 118 valence electrons. The number of nitrogens with two attached hydrogens (primary N) is 1. The lowest BCUT2D eigenvalue weighted by atomic mass is 9.85. The molecule has 0 aliphatic carbocycles. The van der Waals surface area contributed by atoms with Gasteiger partial charge in [-0.25, -0.2) is 0 Å². The van der Waals surface area contributed by atoms with Crippen molar-refractivity contribution in [3.05, 3.63) is 23.8 Å². The minimum atomic E-state index is -0.148. The summed E-state index contributed by atoms with van der Waals surface area (Å²) in [6, 6.07) is 6.00. The lowest BCUT2D eigenvalue weighted by Gasteiger charge is -2.39. The second-order valence-electron chi connectivity index (χ2n) is 6.43. The summed E-state index contributed by atoms with van der Waals surface area (Å²) in [5, 5.41) is 0. The summed E-state index contributed by atoms with van der Waals surface area (Å²) < 4.78 is 11.6. The average Bonchev–Trinajstić information content (AvgIpc) is 2.46. The number of rotatable bonds is 7. The third-order valence-corrected chi connectivity index (χ3v) is 4.44. The Labute approximate surface area is 128 Å². The van der Waals surface area contributed by atoms with Gasteiger partial charge in [0.2, 0.25) is 0 Å². The van der Waals surface area contributed by atoms with Crippen LogP contribution in [-0.2, 0) is 0 Å². The van der Waals surface area contributed by atoms with Gasteiger partial charge in [0, 0.05) is 24.1 Å². The molecule has 0 fully saturated rings. The van der Waals surface area contributed by atoms with E-state index in [9.17, 15) is 0 Å².